The number of rotatable bonds is 6. The van der Waals surface area contributed by atoms with E-state index in [9.17, 15) is 13.2 Å². The van der Waals surface area contributed by atoms with Crippen LogP contribution in [0.3, 0.4) is 0 Å². The molecule has 0 aliphatic rings. The lowest BCUT2D eigenvalue weighted by Crippen LogP contribution is -2.41. The van der Waals surface area contributed by atoms with Gasteiger partial charge in [0, 0.05) is 18.5 Å². The van der Waals surface area contributed by atoms with Crippen molar-refractivity contribution in [2.75, 3.05) is 0 Å². The fourth-order valence-corrected chi connectivity index (χ4v) is 3.57. The molecule has 1 aromatic heterocycles. The van der Waals surface area contributed by atoms with E-state index >= 15 is 0 Å². The maximum atomic E-state index is 12.3. The van der Waals surface area contributed by atoms with Gasteiger partial charge >= 0.3 is 5.97 Å². The number of nitrogens with one attached hydrogen (secondary N) is 1. The summed E-state index contributed by atoms with van der Waals surface area (Å²) in [6, 6.07) is -1.37. The Hall–Kier alpha value is -1.38. The van der Waals surface area contributed by atoms with Crippen molar-refractivity contribution >= 4 is 27.6 Å². The number of aliphatic carboxylic acids is 1. The quantitative estimate of drug-likeness (QED) is 0.811. The zero-order valence-electron chi connectivity index (χ0n) is 11.3. The molecule has 1 atom stereocenters. The number of carbonyl (C=O) groups is 1. The van der Waals surface area contributed by atoms with Gasteiger partial charge in [0.05, 0.1) is 11.4 Å². The predicted octanol–water partition coefficient (Wildman–Crippen LogP) is 0.911. The van der Waals surface area contributed by atoms with Crippen molar-refractivity contribution in [1.82, 2.24) is 14.5 Å². The van der Waals surface area contributed by atoms with Crippen molar-refractivity contribution in [3.05, 3.63) is 23.0 Å². The Balaban J connectivity index is 3.16. The second-order valence-corrected chi connectivity index (χ2v) is 6.54. The maximum absolute atomic E-state index is 12.3. The highest BCUT2D eigenvalue weighted by molar-refractivity contribution is 7.89. The molecule has 1 unspecified atom stereocenters. The van der Waals surface area contributed by atoms with E-state index in [2.05, 4.69) is 16.4 Å². The molecule has 7 nitrogen and oxygen atoms in total. The van der Waals surface area contributed by atoms with Gasteiger partial charge in [-0.2, -0.15) is 9.82 Å². The fraction of sp³-hybridized carbons (Fsp3) is 0.455. The first kappa shape index (κ1) is 16.7. The van der Waals surface area contributed by atoms with Gasteiger partial charge in [-0.05, 0) is 13.8 Å². The molecule has 0 spiro atoms. The van der Waals surface area contributed by atoms with Crippen LogP contribution in [-0.4, -0.2) is 35.3 Å². The predicted molar refractivity (Wildman–Crippen MR) is 74.0 cm³/mol. The van der Waals surface area contributed by atoms with E-state index in [4.69, 9.17) is 16.7 Å². The van der Waals surface area contributed by atoms with Crippen LogP contribution in [0.4, 0.5) is 0 Å². The molecule has 0 radical (unpaired) electrons. The molecule has 0 saturated heterocycles. The van der Waals surface area contributed by atoms with Gasteiger partial charge in [0.1, 0.15) is 10.9 Å². The number of hydrogen-bond donors (Lipinski definition) is 2. The number of nitrogens with zero attached hydrogens (tertiary/aromatic N) is 2. The third kappa shape index (κ3) is 3.59. The molecule has 20 heavy (non-hydrogen) atoms. The summed E-state index contributed by atoms with van der Waals surface area (Å²) in [7, 11) is -2.40. The zero-order chi connectivity index (χ0) is 15.7. The number of carboxylic acid groups (broad SMARTS) is 1. The van der Waals surface area contributed by atoms with Crippen LogP contribution >= 0.6 is 11.6 Å². The highest BCUT2D eigenvalue weighted by Crippen LogP contribution is 2.19. The van der Waals surface area contributed by atoms with E-state index in [-0.39, 0.29) is 16.3 Å². The van der Waals surface area contributed by atoms with E-state index in [0.29, 0.717) is 11.4 Å². The van der Waals surface area contributed by atoms with Crippen molar-refractivity contribution in [3.63, 3.8) is 0 Å². The van der Waals surface area contributed by atoms with Crippen LogP contribution in [0, 0.1) is 13.8 Å². The summed E-state index contributed by atoms with van der Waals surface area (Å²) < 4.78 is 28.1. The molecule has 2 N–H and O–H groups in total. The van der Waals surface area contributed by atoms with E-state index in [0.717, 1.165) is 0 Å². The molecule has 1 aromatic rings. The van der Waals surface area contributed by atoms with E-state index in [1.807, 2.05) is 0 Å². The topological polar surface area (TPSA) is 101 Å². The summed E-state index contributed by atoms with van der Waals surface area (Å²) in [4.78, 5) is 11.0. The molecule has 112 valence electrons. The molecule has 0 saturated carbocycles. The molecular formula is C11H16ClN3O4S. The summed E-state index contributed by atoms with van der Waals surface area (Å²) in [5.74, 6) is -1.32. The van der Waals surface area contributed by atoms with E-state index in [1.54, 1.807) is 14.0 Å². The van der Waals surface area contributed by atoms with E-state index < -0.39 is 22.0 Å². The van der Waals surface area contributed by atoms with Gasteiger partial charge in [-0.25, -0.2) is 8.42 Å². The molecule has 9 heteroatoms. The van der Waals surface area contributed by atoms with Crippen LogP contribution in [0.2, 0.25) is 0 Å². The Bertz CT molecular complexity index is 651. The number of carboxylic acids is 1. The van der Waals surface area contributed by atoms with Crippen LogP contribution in [0.25, 0.3) is 0 Å². The highest BCUT2D eigenvalue weighted by Gasteiger charge is 2.29. The lowest BCUT2D eigenvalue weighted by Gasteiger charge is -2.14. The fourth-order valence-electron chi connectivity index (χ4n) is 1.79. The van der Waals surface area contributed by atoms with Crippen LogP contribution in [0.5, 0.6) is 0 Å². The lowest BCUT2D eigenvalue weighted by molar-refractivity contribution is -0.138. The number of sulfonamides is 1. The average molecular weight is 322 g/mol. The summed E-state index contributed by atoms with van der Waals surface area (Å²) in [5.41, 5.74) is 0.718. The number of aromatic nitrogens is 2. The van der Waals surface area contributed by atoms with Crippen LogP contribution < -0.4 is 4.72 Å². The van der Waals surface area contributed by atoms with Crippen LogP contribution in [0.1, 0.15) is 17.8 Å². The van der Waals surface area contributed by atoms with Crippen molar-refractivity contribution < 1.29 is 18.3 Å². The third-order valence-electron chi connectivity index (χ3n) is 2.73. The van der Waals surface area contributed by atoms with Crippen molar-refractivity contribution in [3.8, 4) is 0 Å². The van der Waals surface area contributed by atoms with Gasteiger partial charge in [-0.15, -0.1) is 0 Å². The van der Waals surface area contributed by atoms with Gasteiger partial charge in [0.2, 0.25) is 10.0 Å². The van der Waals surface area contributed by atoms with Gasteiger partial charge in [-0.3, -0.25) is 9.48 Å². The normalized spacial score (nSPS) is 13.2. The molecule has 1 rings (SSSR count). The van der Waals surface area contributed by atoms with Gasteiger partial charge in [0.25, 0.3) is 0 Å². The zero-order valence-corrected chi connectivity index (χ0v) is 12.9. The SMILES string of the molecule is C=C(Cl)CC(NS(=O)(=O)c1c(C)nn(C)c1C)C(=O)O. The third-order valence-corrected chi connectivity index (χ3v) is 4.61. The lowest BCUT2D eigenvalue weighted by atomic mass is 10.2. The summed E-state index contributed by atoms with van der Waals surface area (Å²) in [6.45, 7) is 6.50. The first-order valence-electron chi connectivity index (χ1n) is 5.65. The number of hydrogen-bond acceptors (Lipinski definition) is 4. The van der Waals surface area contributed by atoms with E-state index in [1.165, 1.54) is 11.6 Å². The smallest absolute Gasteiger partial charge is 0.322 e. The maximum Gasteiger partial charge on any atom is 0.322 e. The molecule has 0 fully saturated rings. The molecule has 0 aliphatic heterocycles. The Morgan fingerprint density at radius 2 is 2.10 bits per heavy atom. The Morgan fingerprint density at radius 1 is 1.55 bits per heavy atom. The summed E-state index contributed by atoms with van der Waals surface area (Å²) >= 11 is 5.55. The van der Waals surface area contributed by atoms with Gasteiger partial charge < -0.3 is 5.11 Å². The second kappa shape index (κ2) is 5.94. The van der Waals surface area contributed by atoms with Crippen molar-refractivity contribution in [2.24, 2.45) is 7.05 Å². The minimum Gasteiger partial charge on any atom is -0.480 e. The van der Waals surface area contributed by atoms with Crippen LogP contribution in [-0.2, 0) is 21.9 Å². The molecule has 0 aromatic carbocycles. The number of halogens is 1. The Kier molecular flexibility index (Phi) is 4.95. The minimum atomic E-state index is -4.00. The summed E-state index contributed by atoms with van der Waals surface area (Å²) in [6.07, 6.45) is -0.200. The molecular weight excluding hydrogens is 306 g/mol. The Morgan fingerprint density at radius 3 is 2.45 bits per heavy atom. The Labute approximate surface area is 122 Å². The standard InChI is InChI=1S/C11H16ClN3O4S/c1-6(12)5-9(11(16)17)14-20(18,19)10-7(2)13-15(4)8(10)3/h9,14H,1,5H2,2-4H3,(H,16,17). The molecule has 0 bridgehead atoms. The average Bonchev–Trinajstić information content (AvgIpc) is 2.51. The largest absolute Gasteiger partial charge is 0.480 e. The first-order chi connectivity index (χ1) is 9.06. The van der Waals surface area contributed by atoms with Crippen molar-refractivity contribution in [1.29, 1.82) is 0 Å². The minimum absolute atomic E-state index is 0.0218. The molecule has 1 heterocycles. The molecule has 0 amide bonds. The molecule has 0 aliphatic carbocycles. The van der Waals surface area contributed by atoms with Crippen LogP contribution in [0.15, 0.2) is 16.5 Å². The monoisotopic (exact) mass is 321 g/mol. The van der Waals surface area contributed by atoms with Gasteiger partial charge in [-0.1, -0.05) is 18.2 Å². The van der Waals surface area contributed by atoms with Crippen molar-refractivity contribution in [2.45, 2.75) is 31.2 Å². The van der Waals surface area contributed by atoms with Gasteiger partial charge in [0.15, 0.2) is 0 Å². The number of aryl methyl sites for hydroxylation is 2. The second-order valence-electron chi connectivity index (χ2n) is 4.36. The highest BCUT2D eigenvalue weighted by atomic mass is 35.5. The first-order valence-corrected chi connectivity index (χ1v) is 7.51. The summed E-state index contributed by atoms with van der Waals surface area (Å²) in [5, 5.41) is 13.1.